The molecule has 0 radical (unpaired) electrons. The maximum atomic E-state index is 5.73. The van der Waals surface area contributed by atoms with Gasteiger partial charge in [-0.05, 0) is 28.5 Å². The fourth-order valence-corrected chi connectivity index (χ4v) is 3.32. The topological polar surface area (TPSA) is 55.9 Å². The summed E-state index contributed by atoms with van der Waals surface area (Å²) in [5.41, 5.74) is 5.20. The average Bonchev–Trinajstić information content (AvgIpc) is 3.02. The van der Waals surface area contributed by atoms with E-state index in [9.17, 15) is 0 Å². The number of hydrazine groups is 1. The van der Waals surface area contributed by atoms with Crippen LogP contribution in [0, 0.1) is 0 Å². The van der Waals surface area contributed by atoms with Gasteiger partial charge in [0.15, 0.2) is 0 Å². The molecule has 0 spiro atoms. The lowest BCUT2D eigenvalue weighted by atomic mass is 10.0. The Morgan fingerprint density at radius 1 is 1.37 bits per heavy atom. The molecule has 5 heteroatoms. The van der Waals surface area contributed by atoms with E-state index in [2.05, 4.69) is 40.2 Å². The van der Waals surface area contributed by atoms with Crippen LogP contribution in [0.1, 0.15) is 17.3 Å². The van der Waals surface area contributed by atoms with Crippen molar-refractivity contribution in [3.8, 4) is 0 Å². The second kappa shape index (κ2) is 5.13. The van der Waals surface area contributed by atoms with Crippen molar-refractivity contribution in [2.75, 3.05) is 0 Å². The third-order valence-corrected chi connectivity index (χ3v) is 4.25. The highest BCUT2D eigenvalue weighted by atomic mass is 32.1. The Morgan fingerprint density at radius 3 is 2.95 bits per heavy atom. The molecule has 3 N–H and O–H groups in total. The van der Waals surface area contributed by atoms with Crippen LogP contribution in [0.3, 0.4) is 0 Å². The third kappa shape index (κ3) is 2.40. The maximum absolute atomic E-state index is 5.73. The molecule has 0 saturated heterocycles. The van der Waals surface area contributed by atoms with Gasteiger partial charge in [0.25, 0.3) is 0 Å². The number of nitrogens with zero attached hydrogens (tertiary/aromatic N) is 2. The Labute approximate surface area is 115 Å². The number of hydrogen-bond donors (Lipinski definition) is 2. The molecule has 0 aliphatic heterocycles. The van der Waals surface area contributed by atoms with Crippen molar-refractivity contribution < 1.29 is 0 Å². The van der Waals surface area contributed by atoms with E-state index < -0.39 is 0 Å². The lowest BCUT2D eigenvalue weighted by molar-refractivity contribution is 0.546. The Morgan fingerprint density at radius 2 is 2.21 bits per heavy atom. The number of nitrogens with one attached hydrogen (secondary N) is 1. The predicted octanol–water partition coefficient (Wildman–Crippen LogP) is 2.38. The van der Waals surface area contributed by atoms with Crippen LogP contribution in [0.25, 0.3) is 10.1 Å². The monoisotopic (exact) mass is 272 g/mol. The average molecular weight is 272 g/mol. The second-order valence-electron chi connectivity index (χ2n) is 4.59. The zero-order valence-electron chi connectivity index (χ0n) is 10.7. The van der Waals surface area contributed by atoms with E-state index in [0.717, 1.165) is 12.1 Å². The largest absolute Gasteiger partial charge is 0.276 e. The van der Waals surface area contributed by atoms with Crippen molar-refractivity contribution in [2.24, 2.45) is 12.9 Å². The quantitative estimate of drug-likeness (QED) is 0.566. The van der Waals surface area contributed by atoms with Crippen molar-refractivity contribution in [3.05, 3.63) is 53.2 Å². The van der Waals surface area contributed by atoms with Crippen LogP contribution in [0.2, 0.25) is 0 Å². The number of thiophene rings is 1. The zero-order valence-corrected chi connectivity index (χ0v) is 11.5. The molecule has 0 amide bonds. The Kier molecular flexibility index (Phi) is 3.33. The summed E-state index contributed by atoms with van der Waals surface area (Å²) in [5.74, 6) is 5.73. The second-order valence-corrected chi connectivity index (χ2v) is 5.50. The molecule has 0 aliphatic carbocycles. The molecule has 4 nitrogen and oxygen atoms in total. The third-order valence-electron chi connectivity index (χ3n) is 3.27. The van der Waals surface area contributed by atoms with Crippen LogP contribution in [0.5, 0.6) is 0 Å². The van der Waals surface area contributed by atoms with E-state index >= 15 is 0 Å². The van der Waals surface area contributed by atoms with E-state index in [1.165, 1.54) is 15.6 Å². The number of rotatable bonds is 4. The van der Waals surface area contributed by atoms with Crippen molar-refractivity contribution in [3.63, 3.8) is 0 Å². The first kappa shape index (κ1) is 12.3. The Balaban J connectivity index is 1.93. The highest BCUT2D eigenvalue weighted by Crippen LogP contribution is 2.31. The molecule has 3 rings (SSSR count). The van der Waals surface area contributed by atoms with Gasteiger partial charge in [0, 0.05) is 24.4 Å². The zero-order chi connectivity index (χ0) is 13.2. The van der Waals surface area contributed by atoms with E-state index in [4.69, 9.17) is 5.84 Å². The number of fused-ring (bicyclic) bond motifs is 1. The molecule has 2 heterocycles. The number of aryl methyl sites for hydroxylation is 1. The van der Waals surface area contributed by atoms with Crippen LogP contribution in [-0.2, 0) is 13.5 Å². The van der Waals surface area contributed by atoms with E-state index in [1.54, 1.807) is 11.3 Å². The first-order valence-electron chi connectivity index (χ1n) is 6.18. The normalized spacial score (nSPS) is 12.9. The Bertz CT molecular complexity index is 685. The van der Waals surface area contributed by atoms with E-state index in [-0.39, 0.29) is 6.04 Å². The van der Waals surface area contributed by atoms with Crippen LogP contribution < -0.4 is 11.3 Å². The van der Waals surface area contributed by atoms with Gasteiger partial charge in [-0.3, -0.25) is 16.0 Å². The molecule has 0 aliphatic rings. The minimum absolute atomic E-state index is 0.0889. The fraction of sp³-hybridized carbons (Fsp3) is 0.214. The van der Waals surface area contributed by atoms with Gasteiger partial charge < -0.3 is 0 Å². The maximum Gasteiger partial charge on any atom is 0.0643 e. The molecule has 1 unspecified atom stereocenters. The highest BCUT2D eigenvalue weighted by Gasteiger charge is 2.16. The fourth-order valence-electron chi connectivity index (χ4n) is 2.31. The minimum atomic E-state index is 0.0889. The summed E-state index contributed by atoms with van der Waals surface area (Å²) < 4.78 is 3.10. The number of aromatic nitrogens is 2. The summed E-state index contributed by atoms with van der Waals surface area (Å²) in [4.78, 5) is 0. The van der Waals surface area contributed by atoms with Gasteiger partial charge in [-0.25, -0.2) is 0 Å². The lowest BCUT2D eigenvalue weighted by Gasteiger charge is -2.14. The summed E-state index contributed by atoms with van der Waals surface area (Å²) in [5, 5.41) is 7.86. The smallest absolute Gasteiger partial charge is 0.0643 e. The summed E-state index contributed by atoms with van der Waals surface area (Å²) >= 11 is 1.75. The van der Waals surface area contributed by atoms with Crippen molar-refractivity contribution in [1.82, 2.24) is 15.2 Å². The molecule has 1 aromatic carbocycles. The van der Waals surface area contributed by atoms with Crippen LogP contribution in [0.4, 0.5) is 0 Å². The number of nitrogens with two attached hydrogens (primary N) is 1. The van der Waals surface area contributed by atoms with Gasteiger partial charge in [-0.2, -0.15) is 5.10 Å². The van der Waals surface area contributed by atoms with Gasteiger partial charge in [0.2, 0.25) is 0 Å². The summed E-state index contributed by atoms with van der Waals surface area (Å²) in [7, 11) is 1.92. The lowest BCUT2D eigenvalue weighted by Crippen LogP contribution is -2.29. The molecule has 0 saturated carbocycles. The van der Waals surface area contributed by atoms with Gasteiger partial charge >= 0.3 is 0 Å². The predicted molar refractivity (Wildman–Crippen MR) is 78.8 cm³/mol. The van der Waals surface area contributed by atoms with Crippen molar-refractivity contribution >= 4 is 21.4 Å². The molecule has 3 aromatic rings. The summed E-state index contributed by atoms with van der Waals surface area (Å²) in [6, 6.07) is 10.5. The molecule has 98 valence electrons. The molecular weight excluding hydrogens is 256 g/mol. The Hall–Kier alpha value is -1.69. The molecular formula is C14H16N4S. The molecule has 0 bridgehead atoms. The molecule has 2 aromatic heterocycles. The highest BCUT2D eigenvalue weighted by molar-refractivity contribution is 7.17. The number of benzene rings is 1. The van der Waals surface area contributed by atoms with Crippen LogP contribution in [0.15, 0.2) is 41.9 Å². The first-order chi connectivity index (χ1) is 9.28. The van der Waals surface area contributed by atoms with Crippen molar-refractivity contribution in [1.29, 1.82) is 0 Å². The van der Waals surface area contributed by atoms with Gasteiger partial charge in [-0.15, -0.1) is 11.3 Å². The number of hydrogen-bond acceptors (Lipinski definition) is 4. The molecule has 19 heavy (non-hydrogen) atoms. The molecule has 0 fully saturated rings. The molecule has 1 atom stereocenters. The van der Waals surface area contributed by atoms with Crippen LogP contribution >= 0.6 is 11.3 Å². The first-order valence-corrected chi connectivity index (χ1v) is 7.06. The van der Waals surface area contributed by atoms with E-state index in [1.807, 2.05) is 24.0 Å². The van der Waals surface area contributed by atoms with Gasteiger partial charge in [0.05, 0.1) is 11.7 Å². The standard InChI is InChI=1S/C14H16N4S/c1-18-7-6-10(17-18)8-13(16-15)12-9-19-14-5-3-2-4-11(12)14/h2-7,9,13,16H,8,15H2,1H3. The summed E-state index contributed by atoms with van der Waals surface area (Å²) in [6.45, 7) is 0. The van der Waals surface area contributed by atoms with Crippen molar-refractivity contribution in [2.45, 2.75) is 12.5 Å². The SMILES string of the molecule is Cn1ccc(CC(NN)c2csc3ccccc23)n1. The van der Waals surface area contributed by atoms with E-state index in [0.29, 0.717) is 0 Å². The van der Waals surface area contributed by atoms with Crippen LogP contribution in [-0.4, -0.2) is 9.78 Å². The summed E-state index contributed by atoms with van der Waals surface area (Å²) in [6.07, 6.45) is 2.74. The van der Waals surface area contributed by atoms with Gasteiger partial charge in [-0.1, -0.05) is 18.2 Å². The van der Waals surface area contributed by atoms with Gasteiger partial charge in [0.1, 0.15) is 0 Å². The minimum Gasteiger partial charge on any atom is -0.276 e.